The molecule has 1 saturated carbocycles. The molecule has 21 heavy (non-hydrogen) atoms. The summed E-state index contributed by atoms with van der Waals surface area (Å²) >= 11 is 0. The quantitative estimate of drug-likeness (QED) is 0.767. The van der Waals surface area contributed by atoms with Gasteiger partial charge in [-0.2, -0.15) is 0 Å². The van der Waals surface area contributed by atoms with Gasteiger partial charge in [0.25, 0.3) is 0 Å². The van der Waals surface area contributed by atoms with Crippen LogP contribution >= 0.6 is 0 Å². The molecule has 0 bridgehead atoms. The van der Waals surface area contributed by atoms with Gasteiger partial charge in [-0.15, -0.1) is 0 Å². The van der Waals surface area contributed by atoms with Gasteiger partial charge in [-0.3, -0.25) is 0 Å². The molecule has 0 amide bonds. The lowest BCUT2D eigenvalue weighted by Gasteiger charge is -2.40. The maximum Gasteiger partial charge on any atom is 0.131 e. The van der Waals surface area contributed by atoms with E-state index in [4.69, 9.17) is 0 Å². The fraction of sp³-hybridized carbons (Fsp3) is 0.579. The second-order valence-corrected chi connectivity index (χ2v) is 12.1. The van der Waals surface area contributed by atoms with Crippen LogP contribution in [0.4, 0.5) is 0 Å². The fourth-order valence-electron chi connectivity index (χ4n) is 4.48. The molecule has 0 spiro atoms. The first kappa shape index (κ1) is 15.0. The van der Waals surface area contributed by atoms with Crippen molar-refractivity contribution < 1.29 is 0 Å². The molecule has 1 unspecified atom stereocenters. The summed E-state index contributed by atoms with van der Waals surface area (Å²) in [6.07, 6.45) is 4.17. The smallest absolute Gasteiger partial charge is 0.131 e. The van der Waals surface area contributed by atoms with Crippen molar-refractivity contribution in [1.82, 2.24) is 4.98 Å². The predicted molar refractivity (Wildman–Crippen MR) is 95.2 cm³/mol. The Morgan fingerprint density at radius 3 is 2.29 bits per heavy atom. The number of nitrogens with one attached hydrogen (secondary N) is 1. The summed E-state index contributed by atoms with van der Waals surface area (Å²) in [5.74, 6) is 0. The average Bonchev–Trinajstić information content (AvgIpc) is 2.57. The van der Waals surface area contributed by atoms with E-state index < -0.39 is 8.24 Å². The van der Waals surface area contributed by atoms with Crippen molar-refractivity contribution in [3.63, 3.8) is 0 Å². The van der Waals surface area contributed by atoms with E-state index in [1.54, 1.807) is 16.7 Å². The first-order valence-electron chi connectivity index (χ1n) is 8.38. The Morgan fingerprint density at radius 1 is 1.05 bits per heavy atom. The van der Waals surface area contributed by atoms with Crippen molar-refractivity contribution in [1.29, 1.82) is 0 Å². The lowest BCUT2D eigenvalue weighted by Crippen LogP contribution is -2.56. The van der Waals surface area contributed by atoms with Crippen molar-refractivity contribution in [3.8, 4) is 0 Å². The maximum atomic E-state index is 4.07. The van der Waals surface area contributed by atoms with E-state index in [1.165, 1.54) is 36.0 Å². The molecule has 1 N–H and O–H groups in total. The zero-order valence-corrected chi connectivity index (χ0v) is 15.4. The van der Waals surface area contributed by atoms with Crippen molar-refractivity contribution in [3.05, 3.63) is 40.0 Å². The van der Waals surface area contributed by atoms with E-state index in [2.05, 4.69) is 57.9 Å². The number of aryl methyl sites for hydroxylation is 2. The van der Waals surface area contributed by atoms with E-state index in [1.807, 2.05) is 0 Å². The Bertz CT molecular complexity index is 608. The predicted octanol–water partition coefficient (Wildman–Crippen LogP) is 5.08. The summed E-state index contributed by atoms with van der Waals surface area (Å²) in [7, 11) is -1.51. The van der Waals surface area contributed by atoms with Gasteiger partial charge in [0.2, 0.25) is 0 Å². The Balaban J connectivity index is 2.04. The van der Waals surface area contributed by atoms with Crippen LogP contribution in [0.3, 0.4) is 0 Å². The summed E-state index contributed by atoms with van der Waals surface area (Å²) in [4.78, 5) is 4.07. The molecular weight excluding hydrogens is 270 g/mol. The summed E-state index contributed by atoms with van der Waals surface area (Å²) in [5.41, 5.74) is 9.80. The van der Waals surface area contributed by atoms with Gasteiger partial charge in [0, 0.05) is 11.6 Å². The number of hydrogen-bond donors (Lipinski definition) is 1. The van der Waals surface area contributed by atoms with Crippen molar-refractivity contribution in [2.45, 2.75) is 71.6 Å². The highest BCUT2D eigenvalue weighted by Gasteiger charge is 2.42. The van der Waals surface area contributed by atoms with Gasteiger partial charge in [-0.1, -0.05) is 42.8 Å². The summed E-state index contributed by atoms with van der Waals surface area (Å²) in [6, 6.07) is 5.57. The Morgan fingerprint density at radius 2 is 1.71 bits per heavy atom. The van der Waals surface area contributed by atoms with Gasteiger partial charge < -0.3 is 4.98 Å². The Hall–Kier alpha value is -0.863. The molecule has 2 aliphatic carbocycles. The molecule has 0 saturated heterocycles. The van der Waals surface area contributed by atoms with Crippen molar-refractivity contribution >= 4 is 13.8 Å². The van der Waals surface area contributed by atoms with E-state index in [9.17, 15) is 0 Å². The second kappa shape index (κ2) is 5.10. The average molecular weight is 300 g/mol. The van der Waals surface area contributed by atoms with Gasteiger partial charge >= 0.3 is 0 Å². The van der Waals surface area contributed by atoms with Crippen molar-refractivity contribution in [2.75, 3.05) is 0 Å². The number of allylic oxidation sites excluding steroid dienone is 2. The number of hydrogen-bond acceptors (Lipinski definition) is 1. The van der Waals surface area contributed by atoms with Crippen LogP contribution < -0.4 is 4.98 Å². The van der Waals surface area contributed by atoms with Gasteiger partial charge in [-0.05, 0) is 62.8 Å². The number of fused-ring (bicyclic) bond motifs is 1. The Labute approximate surface area is 130 Å². The summed E-state index contributed by atoms with van der Waals surface area (Å²) < 4.78 is 0. The largest absolute Gasteiger partial charge is 0.334 e. The molecule has 1 atom stereocenters. The molecule has 3 rings (SSSR count). The minimum absolute atomic E-state index is 0.645. The minimum Gasteiger partial charge on any atom is -0.334 e. The van der Waals surface area contributed by atoms with E-state index >= 15 is 0 Å². The second-order valence-electron chi connectivity index (χ2n) is 7.78. The summed E-state index contributed by atoms with van der Waals surface area (Å²) in [5, 5.41) is 0. The zero-order chi connectivity index (χ0) is 15.4. The van der Waals surface area contributed by atoms with Crippen LogP contribution in [-0.4, -0.2) is 14.3 Å². The molecule has 0 heterocycles. The van der Waals surface area contributed by atoms with E-state index in [0.29, 0.717) is 5.54 Å². The first-order valence-corrected chi connectivity index (χ1v) is 11.5. The first-order chi connectivity index (χ1) is 9.81. The van der Waals surface area contributed by atoms with Crippen LogP contribution in [0.1, 0.15) is 60.9 Å². The van der Waals surface area contributed by atoms with Gasteiger partial charge in [0.05, 0.1) is 0 Å². The molecule has 2 aliphatic rings. The van der Waals surface area contributed by atoms with Gasteiger partial charge in [-0.25, -0.2) is 0 Å². The zero-order valence-electron chi connectivity index (χ0n) is 14.4. The molecule has 1 aromatic carbocycles. The van der Waals surface area contributed by atoms with E-state index in [-0.39, 0.29) is 0 Å². The highest BCUT2D eigenvalue weighted by molar-refractivity contribution is 6.77. The summed E-state index contributed by atoms with van der Waals surface area (Å²) in [6.45, 7) is 14.3. The van der Waals surface area contributed by atoms with Crippen LogP contribution in [0.5, 0.6) is 0 Å². The minimum atomic E-state index is -1.51. The van der Waals surface area contributed by atoms with Crippen LogP contribution in [0.15, 0.2) is 17.7 Å². The van der Waals surface area contributed by atoms with E-state index in [0.717, 1.165) is 6.04 Å². The molecule has 1 aromatic rings. The van der Waals surface area contributed by atoms with Gasteiger partial charge in [0.15, 0.2) is 0 Å². The van der Waals surface area contributed by atoms with Crippen LogP contribution in [0.25, 0.3) is 5.57 Å². The topological polar surface area (TPSA) is 12.0 Å². The lowest BCUT2D eigenvalue weighted by atomic mass is 9.94. The third-order valence-electron chi connectivity index (χ3n) is 5.62. The third-order valence-corrected chi connectivity index (χ3v) is 8.96. The molecule has 0 aromatic heterocycles. The third kappa shape index (κ3) is 2.43. The van der Waals surface area contributed by atoms with Crippen LogP contribution in [0.2, 0.25) is 13.1 Å². The molecular formula is C19H29NSi. The Kier molecular flexibility index (Phi) is 3.65. The lowest BCUT2D eigenvalue weighted by molar-refractivity contribution is 0.382. The fourth-order valence-corrected chi connectivity index (χ4v) is 8.29. The molecule has 114 valence electrons. The highest BCUT2D eigenvalue weighted by atomic mass is 28.3. The molecule has 1 nitrogen and oxygen atoms in total. The van der Waals surface area contributed by atoms with Crippen molar-refractivity contribution in [2.24, 2.45) is 0 Å². The normalized spacial score (nSPS) is 22.5. The monoisotopic (exact) mass is 299 g/mol. The molecule has 1 fully saturated rings. The standard InChI is InChI=1S/C19H29NSi/c1-12-10-13(2)18-14(3)15(4)19(17(18)11-12)21(5,6)20-16-8-7-9-16/h10-11,16,19-20H,7-9H2,1-6H3. The van der Waals surface area contributed by atoms with Gasteiger partial charge in [0.1, 0.15) is 8.24 Å². The van der Waals surface area contributed by atoms with Crippen LogP contribution in [0, 0.1) is 13.8 Å². The molecule has 2 heteroatoms. The maximum absolute atomic E-state index is 4.07. The number of rotatable bonds is 3. The highest BCUT2D eigenvalue weighted by Crippen LogP contribution is 2.47. The molecule has 0 radical (unpaired) electrons. The van der Waals surface area contributed by atoms with Crippen LogP contribution in [-0.2, 0) is 0 Å². The molecule has 0 aliphatic heterocycles. The SMILES string of the molecule is CC1=C(C)C([Si](C)(C)NC2CCC2)c2cc(C)cc(C)c21. The number of benzene rings is 1.